The van der Waals surface area contributed by atoms with E-state index in [0.717, 1.165) is 11.3 Å². The predicted molar refractivity (Wildman–Crippen MR) is 82.3 cm³/mol. The standard InChI is InChI=1S/C17H19NO3/c1-3-21-17(20)16(13-5-4-6-15(19)11-13)18-14-9-7-12(2)8-10-14/h4-11,16,18-19H,3H2,1-2H3. The van der Waals surface area contributed by atoms with E-state index in [1.54, 1.807) is 31.2 Å². The molecular weight excluding hydrogens is 266 g/mol. The summed E-state index contributed by atoms with van der Waals surface area (Å²) in [7, 11) is 0. The number of anilines is 1. The lowest BCUT2D eigenvalue weighted by molar-refractivity contribution is -0.144. The molecule has 21 heavy (non-hydrogen) atoms. The van der Waals surface area contributed by atoms with Gasteiger partial charge >= 0.3 is 5.97 Å². The highest BCUT2D eigenvalue weighted by molar-refractivity contribution is 5.81. The highest BCUT2D eigenvalue weighted by Crippen LogP contribution is 2.24. The summed E-state index contributed by atoms with van der Waals surface area (Å²) in [4.78, 5) is 12.2. The van der Waals surface area contributed by atoms with Gasteiger partial charge in [-0.25, -0.2) is 4.79 Å². The maximum Gasteiger partial charge on any atom is 0.333 e. The normalized spacial score (nSPS) is 11.7. The number of carbonyl (C=O) groups excluding carboxylic acids is 1. The Morgan fingerprint density at radius 2 is 1.95 bits per heavy atom. The van der Waals surface area contributed by atoms with Crippen LogP contribution in [-0.2, 0) is 9.53 Å². The number of hydrogen-bond donors (Lipinski definition) is 2. The highest BCUT2D eigenvalue weighted by Gasteiger charge is 2.22. The zero-order valence-corrected chi connectivity index (χ0v) is 12.2. The third-order valence-corrected chi connectivity index (χ3v) is 3.09. The molecule has 110 valence electrons. The Labute approximate surface area is 124 Å². The van der Waals surface area contributed by atoms with E-state index in [2.05, 4.69) is 5.32 Å². The van der Waals surface area contributed by atoms with Crippen LogP contribution in [-0.4, -0.2) is 17.7 Å². The quantitative estimate of drug-likeness (QED) is 0.826. The molecule has 0 fully saturated rings. The van der Waals surface area contributed by atoms with Gasteiger partial charge in [0.2, 0.25) is 0 Å². The monoisotopic (exact) mass is 285 g/mol. The highest BCUT2D eigenvalue weighted by atomic mass is 16.5. The fourth-order valence-electron chi connectivity index (χ4n) is 2.02. The molecule has 0 saturated carbocycles. The fraction of sp³-hybridized carbons (Fsp3) is 0.235. The van der Waals surface area contributed by atoms with Crippen molar-refractivity contribution in [1.29, 1.82) is 0 Å². The molecule has 0 aliphatic heterocycles. The summed E-state index contributed by atoms with van der Waals surface area (Å²) in [6.45, 7) is 4.08. The Morgan fingerprint density at radius 3 is 2.57 bits per heavy atom. The molecule has 2 aromatic rings. The van der Waals surface area contributed by atoms with Crippen LogP contribution in [0.3, 0.4) is 0 Å². The lowest BCUT2D eigenvalue weighted by Crippen LogP contribution is -2.23. The number of carbonyl (C=O) groups is 1. The summed E-state index contributed by atoms with van der Waals surface area (Å²) in [5.41, 5.74) is 2.63. The summed E-state index contributed by atoms with van der Waals surface area (Å²) in [6, 6.07) is 13.7. The smallest absolute Gasteiger partial charge is 0.333 e. The van der Waals surface area contributed by atoms with Gasteiger partial charge in [0, 0.05) is 5.69 Å². The molecule has 4 nitrogen and oxygen atoms in total. The molecule has 0 aliphatic carbocycles. The first-order valence-corrected chi connectivity index (χ1v) is 6.89. The third kappa shape index (κ3) is 3.99. The van der Waals surface area contributed by atoms with Gasteiger partial charge in [0.1, 0.15) is 5.75 Å². The summed E-state index contributed by atoms with van der Waals surface area (Å²) in [5, 5.41) is 12.7. The fourth-order valence-corrected chi connectivity index (χ4v) is 2.02. The van der Waals surface area contributed by atoms with E-state index in [0.29, 0.717) is 12.2 Å². The van der Waals surface area contributed by atoms with Crippen LogP contribution in [0, 0.1) is 6.92 Å². The minimum atomic E-state index is -0.653. The lowest BCUT2D eigenvalue weighted by atomic mass is 10.1. The second kappa shape index (κ2) is 6.79. The van der Waals surface area contributed by atoms with E-state index in [1.807, 2.05) is 31.2 Å². The summed E-state index contributed by atoms with van der Waals surface area (Å²) >= 11 is 0. The Bertz CT molecular complexity index is 608. The Balaban J connectivity index is 2.27. The lowest BCUT2D eigenvalue weighted by Gasteiger charge is -2.19. The van der Waals surface area contributed by atoms with Crippen molar-refractivity contribution in [2.24, 2.45) is 0 Å². The molecule has 1 atom stereocenters. The average Bonchev–Trinajstić information content (AvgIpc) is 2.47. The number of nitrogens with one attached hydrogen (secondary N) is 1. The van der Waals surface area contributed by atoms with Crippen LogP contribution < -0.4 is 5.32 Å². The van der Waals surface area contributed by atoms with E-state index in [9.17, 15) is 9.90 Å². The molecule has 2 rings (SSSR count). The first kappa shape index (κ1) is 14.9. The van der Waals surface area contributed by atoms with Gasteiger partial charge in [-0.2, -0.15) is 0 Å². The first-order chi connectivity index (χ1) is 10.1. The van der Waals surface area contributed by atoms with Crippen LogP contribution in [0.4, 0.5) is 5.69 Å². The molecule has 2 N–H and O–H groups in total. The topological polar surface area (TPSA) is 58.6 Å². The van der Waals surface area contributed by atoms with Crippen molar-refractivity contribution in [3.05, 3.63) is 59.7 Å². The molecule has 0 radical (unpaired) electrons. The second-order valence-electron chi connectivity index (χ2n) is 4.79. The van der Waals surface area contributed by atoms with Gasteiger partial charge in [0.15, 0.2) is 6.04 Å². The predicted octanol–water partition coefficient (Wildman–Crippen LogP) is 3.42. The van der Waals surface area contributed by atoms with Crippen LogP contribution in [0.25, 0.3) is 0 Å². The summed E-state index contributed by atoms with van der Waals surface area (Å²) in [6.07, 6.45) is 0. The number of benzene rings is 2. The molecule has 0 saturated heterocycles. The molecule has 0 spiro atoms. The van der Waals surface area contributed by atoms with Crippen LogP contribution in [0.1, 0.15) is 24.1 Å². The van der Waals surface area contributed by atoms with Crippen LogP contribution >= 0.6 is 0 Å². The van der Waals surface area contributed by atoms with Gasteiger partial charge in [-0.15, -0.1) is 0 Å². The third-order valence-electron chi connectivity index (χ3n) is 3.09. The largest absolute Gasteiger partial charge is 0.508 e. The van der Waals surface area contributed by atoms with Crippen molar-refractivity contribution >= 4 is 11.7 Å². The van der Waals surface area contributed by atoms with Crippen molar-refractivity contribution < 1.29 is 14.6 Å². The number of hydrogen-bond acceptors (Lipinski definition) is 4. The van der Waals surface area contributed by atoms with Crippen LogP contribution in [0.2, 0.25) is 0 Å². The van der Waals surface area contributed by atoms with Gasteiger partial charge in [-0.05, 0) is 43.7 Å². The van der Waals surface area contributed by atoms with E-state index in [-0.39, 0.29) is 11.7 Å². The van der Waals surface area contributed by atoms with Crippen molar-refractivity contribution in [3.8, 4) is 5.75 Å². The summed E-state index contributed by atoms with van der Waals surface area (Å²) in [5.74, 6) is -0.254. The number of phenolic OH excluding ortho intramolecular Hbond substituents is 1. The number of phenols is 1. The molecule has 2 aromatic carbocycles. The maximum absolute atomic E-state index is 12.2. The SMILES string of the molecule is CCOC(=O)C(Nc1ccc(C)cc1)c1cccc(O)c1. The van der Waals surface area contributed by atoms with Crippen molar-refractivity contribution in [3.63, 3.8) is 0 Å². The van der Waals surface area contributed by atoms with E-state index in [4.69, 9.17) is 4.74 Å². The first-order valence-electron chi connectivity index (χ1n) is 6.89. The van der Waals surface area contributed by atoms with Gasteiger partial charge < -0.3 is 15.2 Å². The zero-order chi connectivity index (χ0) is 15.2. The average molecular weight is 285 g/mol. The molecule has 0 aromatic heterocycles. The Kier molecular flexibility index (Phi) is 4.82. The number of aryl methyl sites for hydroxylation is 1. The van der Waals surface area contributed by atoms with Gasteiger partial charge in [0.25, 0.3) is 0 Å². The van der Waals surface area contributed by atoms with Crippen molar-refractivity contribution in [2.75, 3.05) is 11.9 Å². The van der Waals surface area contributed by atoms with Gasteiger partial charge in [-0.1, -0.05) is 29.8 Å². The molecule has 4 heteroatoms. The Morgan fingerprint density at radius 1 is 1.24 bits per heavy atom. The van der Waals surface area contributed by atoms with E-state index < -0.39 is 6.04 Å². The second-order valence-corrected chi connectivity index (χ2v) is 4.79. The van der Waals surface area contributed by atoms with Gasteiger partial charge in [-0.3, -0.25) is 0 Å². The van der Waals surface area contributed by atoms with Crippen molar-refractivity contribution in [1.82, 2.24) is 0 Å². The van der Waals surface area contributed by atoms with E-state index >= 15 is 0 Å². The number of rotatable bonds is 5. The van der Waals surface area contributed by atoms with E-state index in [1.165, 1.54) is 0 Å². The summed E-state index contributed by atoms with van der Waals surface area (Å²) < 4.78 is 5.11. The van der Waals surface area contributed by atoms with Crippen LogP contribution in [0.15, 0.2) is 48.5 Å². The van der Waals surface area contributed by atoms with Gasteiger partial charge in [0.05, 0.1) is 6.61 Å². The molecule has 0 heterocycles. The zero-order valence-electron chi connectivity index (χ0n) is 12.2. The molecule has 0 amide bonds. The molecule has 0 bridgehead atoms. The number of esters is 1. The molecule has 1 unspecified atom stereocenters. The number of ether oxygens (including phenoxy) is 1. The minimum absolute atomic E-state index is 0.118. The Hall–Kier alpha value is -2.49. The number of aromatic hydroxyl groups is 1. The molecular formula is C17H19NO3. The van der Waals surface area contributed by atoms with Crippen LogP contribution in [0.5, 0.6) is 5.75 Å². The molecule has 0 aliphatic rings. The minimum Gasteiger partial charge on any atom is -0.508 e. The maximum atomic E-state index is 12.2. The van der Waals surface area contributed by atoms with Crippen molar-refractivity contribution in [2.45, 2.75) is 19.9 Å².